The molecule has 0 saturated carbocycles. The van der Waals surface area contributed by atoms with Crippen molar-refractivity contribution < 1.29 is 20.1 Å². The maximum Gasteiger partial charge on any atom is 0.156 e. The van der Waals surface area contributed by atoms with Gasteiger partial charge in [0.05, 0.1) is 60.4 Å². The highest BCUT2D eigenvalue weighted by atomic mass is 35.5. The molecule has 0 unspecified atom stereocenters. The predicted molar refractivity (Wildman–Crippen MR) is 202 cm³/mol. The molecule has 12 nitrogen and oxygen atoms in total. The third kappa shape index (κ3) is 6.90. The van der Waals surface area contributed by atoms with E-state index in [9.17, 15) is 10.2 Å². The molecular formula is C38H34Cl2N8O4. The molecule has 0 spiro atoms. The van der Waals surface area contributed by atoms with Crippen molar-refractivity contribution in [2.45, 2.75) is 33.7 Å². The van der Waals surface area contributed by atoms with Crippen LogP contribution in [-0.4, -0.2) is 62.8 Å². The van der Waals surface area contributed by atoms with Crippen molar-refractivity contribution in [3.05, 3.63) is 111 Å². The molecular weight excluding hydrogens is 703 g/mol. The topological polar surface area (TPSA) is 185 Å². The fourth-order valence-corrected chi connectivity index (χ4v) is 6.17. The van der Waals surface area contributed by atoms with Crippen LogP contribution in [0.5, 0.6) is 5.75 Å². The normalized spacial score (nSPS) is 11.3. The molecule has 0 saturated heterocycles. The molecule has 4 aromatic carbocycles. The van der Waals surface area contributed by atoms with Gasteiger partial charge in [-0.1, -0.05) is 47.5 Å². The van der Waals surface area contributed by atoms with E-state index in [4.69, 9.17) is 33.0 Å². The Hall–Kier alpha value is -5.50. The average molecular weight is 738 g/mol. The van der Waals surface area contributed by atoms with Gasteiger partial charge >= 0.3 is 0 Å². The lowest BCUT2D eigenvalue weighted by atomic mass is 10.0. The van der Waals surface area contributed by atoms with Crippen LogP contribution in [0.1, 0.15) is 27.8 Å². The second kappa shape index (κ2) is 14.6. The number of rotatable bonds is 8. The van der Waals surface area contributed by atoms with E-state index in [1.165, 1.54) is 7.11 Å². The molecule has 8 rings (SSSR count). The minimum atomic E-state index is -0.216. The number of aromatic nitrogens is 8. The van der Waals surface area contributed by atoms with Crippen molar-refractivity contribution in [3.8, 4) is 51.3 Å². The highest BCUT2D eigenvalue weighted by Gasteiger charge is 2.16. The predicted octanol–water partition coefficient (Wildman–Crippen LogP) is 7.65. The minimum absolute atomic E-state index is 0.0348. The van der Waals surface area contributed by atoms with Crippen molar-refractivity contribution in [3.63, 3.8) is 0 Å². The summed E-state index contributed by atoms with van der Waals surface area (Å²) in [4.78, 5) is 15.7. The van der Waals surface area contributed by atoms with Crippen LogP contribution in [-0.2, 0) is 19.8 Å². The molecule has 0 aliphatic rings. The monoisotopic (exact) mass is 736 g/mol. The largest absolute Gasteiger partial charge is 0.496 e. The van der Waals surface area contributed by atoms with Crippen LogP contribution < -0.4 is 4.74 Å². The van der Waals surface area contributed by atoms with Gasteiger partial charge in [-0.05, 0) is 84.6 Å². The van der Waals surface area contributed by atoms with E-state index in [2.05, 4.69) is 40.3 Å². The van der Waals surface area contributed by atoms with E-state index < -0.39 is 0 Å². The van der Waals surface area contributed by atoms with Crippen molar-refractivity contribution in [2.75, 3.05) is 7.11 Å². The molecule has 8 aromatic rings. The van der Waals surface area contributed by atoms with Gasteiger partial charge in [0.25, 0.3) is 0 Å². The highest BCUT2D eigenvalue weighted by molar-refractivity contribution is 6.32. The molecule has 0 fully saturated rings. The van der Waals surface area contributed by atoms with Crippen molar-refractivity contribution >= 4 is 45.3 Å². The number of aliphatic hydroxyl groups excluding tert-OH is 3. The van der Waals surface area contributed by atoms with E-state index >= 15 is 0 Å². The van der Waals surface area contributed by atoms with Crippen LogP contribution in [0.3, 0.4) is 0 Å². The Labute approximate surface area is 307 Å². The SMILES string of the molecule is COc1cc(-c2cc(-c3nc4cc(Cl)c(C)cc4[nH]3)[nH]n2)cc(CO)c1CO.Cc1cc2[nH]c(-c3cc(-c4ccc(CO)cc4)n[nH]3)nc2cc1Cl. The zero-order valence-corrected chi connectivity index (χ0v) is 29.9. The van der Waals surface area contributed by atoms with Crippen LogP contribution in [0, 0.1) is 13.8 Å². The summed E-state index contributed by atoms with van der Waals surface area (Å²) in [6.45, 7) is 3.52. The first-order valence-corrected chi connectivity index (χ1v) is 17.0. The van der Waals surface area contributed by atoms with Crippen LogP contribution in [0.25, 0.3) is 67.6 Å². The molecule has 0 radical (unpaired) electrons. The number of fused-ring (bicyclic) bond motifs is 2. The fraction of sp³-hybridized carbons (Fsp3) is 0.158. The maximum atomic E-state index is 9.63. The number of nitrogens with one attached hydrogen (secondary N) is 4. The summed E-state index contributed by atoms with van der Waals surface area (Å²) in [5, 5.41) is 44.4. The minimum Gasteiger partial charge on any atom is -0.496 e. The van der Waals surface area contributed by atoms with Crippen molar-refractivity contribution in [2.24, 2.45) is 0 Å². The summed E-state index contributed by atoms with van der Waals surface area (Å²) in [7, 11) is 1.52. The number of nitrogens with zero attached hydrogens (tertiary/aromatic N) is 4. The van der Waals surface area contributed by atoms with Gasteiger partial charge in [-0.3, -0.25) is 10.2 Å². The second-order valence-electron chi connectivity index (χ2n) is 12.2. The lowest BCUT2D eigenvalue weighted by molar-refractivity contribution is 0.254. The van der Waals surface area contributed by atoms with Crippen LogP contribution in [0.2, 0.25) is 10.0 Å². The number of benzene rings is 4. The summed E-state index contributed by atoms with van der Waals surface area (Å²) in [6, 6.07) is 22.7. The number of aryl methyl sites for hydroxylation is 2. The smallest absolute Gasteiger partial charge is 0.156 e. The van der Waals surface area contributed by atoms with Gasteiger partial charge in [0.1, 0.15) is 17.1 Å². The zero-order valence-electron chi connectivity index (χ0n) is 28.3. The lowest BCUT2D eigenvalue weighted by Crippen LogP contribution is -1.99. The number of ether oxygens (including phenoxy) is 1. The van der Waals surface area contributed by atoms with E-state index in [0.717, 1.165) is 72.8 Å². The Balaban J connectivity index is 0.000000164. The first kappa shape index (κ1) is 34.9. The van der Waals surface area contributed by atoms with Crippen LogP contribution >= 0.6 is 23.2 Å². The van der Waals surface area contributed by atoms with Gasteiger partial charge in [-0.15, -0.1) is 0 Å². The summed E-state index contributed by atoms with van der Waals surface area (Å²) in [6.07, 6.45) is 0. The quantitative estimate of drug-likeness (QED) is 0.0829. The van der Waals surface area contributed by atoms with Gasteiger partial charge in [-0.25, -0.2) is 9.97 Å². The highest BCUT2D eigenvalue weighted by Crippen LogP contribution is 2.32. The summed E-state index contributed by atoms with van der Waals surface area (Å²) < 4.78 is 5.35. The second-order valence-corrected chi connectivity index (χ2v) is 13.0. The molecule has 0 atom stereocenters. The Bertz CT molecular complexity index is 2430. The number of imidazole rings is 2. The number of halogens is 2. The van der Waals surface area contributed by atoms with Gasteiger partial charge in [0.2, 0.25) is 0 Å². The van der Waals surface area contributed by atoms with Crippen LogP contribution in [0.15, 0.2) is 72.8 Å². The number of H-pyrrole nitrogens is 4. The number of hydrogen-bond acceptors (Lipinski definition) is 8. The fourth-order valence-electron chi connectivity index (χ4n) is 5.85. The summed E-state index contributed by atoms with van der Waals surface area (Å²) in [5.74, 6) is 1.87. The van der Waals surface area contributed by atoms with Crippen molar-refractivity contribution in [1.82, 2.24) is 40.3 Å². The molecule has 0 bridgehead atoms. The van der Waals surface area contributed by atoms with Crippen molar-refractivity contribution in [1.29, 1.82) is 0 Å². The van der Waals surface area contributed by atoms with Crippen LogP contribution in [0.4, 0.5) is 0 Å². The first-order valence-electron chi connectivity index (χ1n) is 16.2. The van der Waals surface area contributed by atoms with E-state index in [1.807, 2.05) is 74.5 Å². The Morgan fingerprint density at radius 2 is 1.17 bits per heavy atom. The van der Waals surface area contributed by atoms with E-state index in [1.54, 1.807) is 12.1 Å². The molecule has 0 aliphatic heterocycles. The average Bonchev–Trinajstić information content (AvgIpc) is 3.98. The molecule has 4 heterocycles. The van der Waals surface area contributed by atoms with E-state index in [0.29, 0.717) is 38.4 Å². The zero-order chi connectivity index (χ0) is 36.5. The number of methoxy groups -OCH3 is 1. The molecule has 264 valence electrons. The van der Waals surface area contributed by atoms with Gasteiger partial charge < -0.3 is 30.0 Å². The Morgan fingerprint density at radius 3 is 1.65 bits per heavy atom. The molecule has 7 N–H and O–H groups in total. The molecule has 14 heteroatoms. The molecule has 52 heavy (non-hydrogen) atoms. The summed E-state index contributed by atoms with van der Waals surface area (Å²) in [5.41, 5.74) is 12.2. The number of hydrogen-bond donors (Lipinski definition) is 7. The first-order chi connectivity index (χ1) is 25.2. The standard InChI is InChI=1S/C20H19ClN4O3.C18H15ClN4O/c1-10-3-16-17(6-14(10)21)23-20(22-16)18-7-15(24-25-18)11-4-12(8-26)13(9-27)19(5-11)28-2;1-10-6-15-16(7-13(10)19)21-18(20-15)17-8-14(22-23-17)12-4-2-11(9-24)3-5-12/h3-7,26-27H,8-9H2,1-2H3,(H,22,23)(H,24,25);2-8,24H,9H2,1H3,(H,20,21)(H,22,23). The van der Waals surface area contributed by atoms with Gasteiger partial charge in [0.15, 0.2) is 11.6 Å². The van der Waals surface area contributed by atoms with Gasteiger partial charge in [0, 0.05) is 26.7 Å². The number of aromatic amines is 4. The Kier molecular flexibility index (Phi) is 9.82. The maximum absolute atomic E-state index is 9.63. The summed E-state index contributed by atoms with van der Waals surface area (Å²) >= 11 is 12.3. The third-order valence-corrected chi connectivity index (χ3v) is 9.58. The van der Waals surface area contributed by atoms with Gasteiger partial charge in [-0.2, -0.15) is 10.2 Å². The Morgan fingerprint density at radius 1 is 0.635 bits per heavy atom. The molecule has 4 aromatic heterocycles. The van der Waals surface area contributed by atoms with E-state index in [-0.39, 0.29) is 19.8 Å². The molecule has 0 aliphatic carbocycles. The lowest BCUT2D eigenvalue weighted by Gasteiger charge is -2.12. The molecule has 0 amide bonds. The number of aliphatic hydroxyl groups is 3. The third-order valence-electron chi connectivity index (χ3n) is 8.77.